The van der Waals surface area contributed by atoms with Crippen molar-refractivity contribution in [3.63, 3.8) is 0 Å². The number of allylic oxidation sites excluding steroid dienone is 4. The molecule has 0 saturated carbocycles. The summed E-state index contributed by atoms with van der Waals surface area (Å²) in [6.45, 7) is 2.92. The van der Waals surface area contributed by atoms with Crippen LogP contribution in [0.15, 0.2) is 24.3 Å². The highest BCUT2D eigenvalue weighted by atomic mass is 16.5. The fourth-order valence-electron chi connectivity index (χ4n) is 3.00. The molecule has 1 saturated heterocycles. The molecule has 1 N–H and O–H groups in total. The third-order valence-electron chi connectivity index (χ3n) is 3.93. The first-order valence-electron chi connectivity index (χ1n) is 6.95. The molecule has 0 aromatic carbocycles. The van der Waals surface area contributed by atoms with E-state index in [0.29, 0.717) is 6.61 Å². The summed E-state index contributed by atoms with van der Waals surface area (Å²) in [5.74, 6) is -0.289. The second-order valence-electron chi connectivity index (χ2n) is 5.19. The summed E-state index contributed by atoms with van der Waals surface area (Å²) >= 11 is 0. The van der Waals surface area contributed by atoms with E-state index in [4.69, 9.17) is 4.74 Å². The van der Waals surface area contributed by atoms with Crippen molar-refractivity contribution < 1.29 is 14.3 Å². The smallest absolute Gasteiger partial charge is 0.306 e. The average molecular weight is 263 g/mol. The van der Waals surface area contributed by atoms with E-state index in [1.165, 1.54) is 0 Å². The Hall–Kier alpha value is -1.58. The minimum Gasteiger partial charge on any atom is -0.466 e. The van der Waals surface area contributed by atoms with E-state index in [9.17, 15) is 9.59 Å². The largest absolute Gasteiger partial charge is 0.466 e. The summed E-state index contributed by atoms with van der Waals surface area (Å²) in [4.78, 5) is 24.0. The van der Waals surface area contributed by atoms with Crippen LogP contribution in [0.4, 0.5) is 0 Å². The molecule has 1 aliphatic carbocycles. The number of hydrogen-bond donors (Lipinski definition) is 1. The molecule has 104 valence electrons. The van der Waals surface area contributed by atoms with Crippen molar-refractivity contribution in [3.05, 3.63) is 24.3 Å². The van der Waals surface area contributed by atoms with Gasteiger partial charge in [0.25, 0.3) is 0 Å². The Morgan fingerprint density at radius 3 is 3.00 bits per heavy atom. The lowest BCUT2D eigenvalue weighted by atomic mass is 9.66. The second-order valence-corrected chi connectivity index (χ2v) is 5.19. The van der Waals surface area contributed by atoms with Crippen LogP contribution in [0.5, 0.6) is 0 Å². The van der Waals surface area contributed by atoms with Crippen molar-refractivity contribution >= 4 is 11.9 Å². The molecule has 0 aromatic rings. The fraction of sp³-hybridized carbons (Fsp3) is 0.600. The highest BCUT2D eigenvalue weighted by Crippen LogP contribution is 2.43. The lowest BCUT2D eigenvalue weighted by Gasteiger charge is -2.39. The van der Waals surface area contributed by atoms with E-state index in [1.54, 1.807) is 6.92 Å². The summed E-state index contributed by atoms with van der Waals surface area (Å²) < 4.78 is 5.07. The first kappa shape index (κ1) is 13.8. The molecular weight excluding hydrogens is 242 g/mol. The lowest BCUT2D eigenvalue weighted by Crippen LogP contribution is -2.46. The minimum absolute atomic E-state index is 0.0653. The number of piperidine rings is 1. The van der Waals surface area contributed by atoms with Crippen molar-refractivity contribution in [2.45, 2.75) is 32.6 Å². The topological polar surface area (TPSA) is 55.4 Å². The van der Waals surface area contributed by atoms with E-state index in [-0.39, 0.29) is 24.2 Å². The molecule has 1 fully saturated rings. The van der Waals surface area contributed by atoms with Gasteiger partial charge in [-0.15, -0.1) is 0 Å². The number of carbonyl (C=O) groups excluding carboxylic acids is 2. The highest BCUT2D eigenvalue weighted by Gasteiger charge is 2.43. The van der Waals surface area contributed by atoms with Gasteiger partial charge >= 0.3 is 5.97 Å². The third kappa shape index (κ3) is 3.06. The van der Waals surface area contributed by atoms with Crippen LogP contribution in [0, 0.1) is 11.3 Å². The Bertz CT molecular complexity index is 414. The number of nitrogens with one attached hydrogen (secondary N) is 1. The zero-order valence-corrected chi connectivity index (χ0v) is 11.4. The molecule has 4 nitrogen and oxygen atoms in total. The van der Waals surface area contributed by atoms with Crippen LogP contribution in [-0.4, -0.2) is 25.0 Å². The lowest BCUT2D eigenvalue weighted by molar-refractivity contribution is -0.147. The molecule has 0 bridgehead atoms. The van der Waals surface area contributed by atoms with E-state index in [0.717, 1.165) is 25.8 Å². The van der Waals surface area contributed by atoms with Gasteiger partial charge in [0, 0.05) is 17.9 Å². The molecule has 0 aromatic heterocycles. The number of esters is 1. The summed E-state index contributed by atoms with van der Waals surface area (Å²) in [5.41, 5.74) is -0.411. The Balaban J connectivity index is 2.19. The molecule has 1 amide bonds. The SMILES string of the molecule is CCOC(=O)C[C@@]1([C@@H]2CCCNC2=O)C=CC=CC1. The van der Waals surface area contributed by atoms with Gasteiger partial charge in [0.15, 0.2) is 0 Å². The summed E-state index contributed by atoms with van der Waals surface area (Å²) in [7, 11) is 0. The van der Waals surface area contributed by atoms with Crippen LogP contribution in [0.3, 0.4) is 0 Å². The van der Waals surface area contributed by atoms with Crippen LogP contribution in [0.25, 0.3) is 0 Å². The number of hydrogen-bond acceptors (Lipinski definition) is 3. The van der Waals surface area contributed by atoms with Gasteiger partial charge in [0.1, 0.15) is 0 Å². The molecule has 19 heavy (non-hydrogen) atoms. The standard InChI is InChI=1S/C15H21NO3/c1-2-19-13(17)11-15(8-4-3-5-9-15)12-7-6-10-16-14(12)18/h3-5,8,12H,2,6-7,9-11H2,1H3,(H,16,18)/t12-,15-/m1/s1. The van der Waals surface area contributed by atoms with Crippen LogP contribution in [-0.2, 0) is 14.3 Å². The number of ether oxygens (including phenoxy) is 1. The Morgan fingerprint density at radius 2 is 2.37 bits per heavy atom. The van der Waals surface area contributed by atoms with Crippen LogP contribution >= 0.6 is 0 Å². The molecule has 2 aliphatic rings. The van der Waals surface area contributed by atoms with E-state index >= 15 is 0 Å². The maximum atomic E-state index is 12.1. The van der Waals surface area contributed by atoms with Crippen LogP contribution in [0.1, 0.15) is 32.6 Å². The first-order valence-corrected chi connectivity index (χ1v) is 6.95. The molecule has 1 heterocycles. The van der Waals surface area contributed by atoms with Gasteiger partial charge in [0.2, 0.25) is 5.91 Å². The molecule has 0 unspecified atom stereocenters. The normalized spacial score (nSPS) is 29.9. The zero-order valence-electron chi connectivity index (χ0n) is 11.4. The van der Waals surface area contributed by atoms with Crippen LogP contribution in [0.2, 0.25) is 0 Å². The number of carbonyl (C=O) groups is 2. The highest BCUT2D eigenvalue weighted by molar-refractivity contribution is 5.82. The van der Waals surface area contributed by atoms with Gasteiger partial charge in [-0.25, -0.2) is 0 Å². The quantitative estimate of drug-likeness (QED) is 0.789. The molecule has 0 radical (unpaired) electrons. The van der Waals surface area contributed by atoms with Gasteiger partial charge in [-0.1, -0.05) is 24.3 Å². The summed E-state index contributed by atoms with van der Waals surface area (Å²) in [5, 5.41) is 2.91. The second kappa shape index (κ2) is 6.04. The fourth-order valence-corrected chi connectivity index (χ4v) is 3.00. The molecule has 2 rings (SSSR count). The Labute approximate surface area is 113 Å². The van der Waals surface area contributed by atoms with Gasteiger partial charge in [-0.3, -0.25) is 9.59 Å². The number of amides is 1. The van der Waals surface area contributed by atoms with Crippen molar-refractivity contribution in [1.82, 2.24) is 5.32 Å². The predicted octanol–water partition coefficient (Wildman–Crippen LogP) is 1.97. The maximum absolute atomic E-state index is 12.1. The maximum Gasteiger partial charge on any atom is 0.306 e. The van der Waals surface area contributed by atoms with E-state index < -0.39 is 5.41 Å². The van der Waals surface area contributed by atoms with Gasteiger partial charge < -0.3 is 10.1 Å². The van der Waals surface area contributed by atoms with Crippen molar-refractivity contribution in [2.24, 2.45) is 11.3 Å². The van der Waals surface area contributed by atoms with E-state index in [1.807, 2.05) is 24.3 Å². The molecule has 4 heteroatoms. The molecule has 2 atom stereocenters. The third-order valence-corrected chi connectivity index (χ3v) is 3.93. The molecule has 1 aliphatic heterocycles. The van der Waals surface area contributed by atoms with Gasteiger partial charge in [-0.05, 0) is 26.2 Å². The van der Waals surface area contributed by atoms with Gasteiger partial charge in [0.05, 0.1) is 13.0 Å². The summed E-state index contributed by atoms with van der Waals surface area (Å²) in [6.07, 6.45) is 10.7. The van der Waals surface area contributed by atoms with Crippen molar-refractivity contribution in [2.75, 3.05) is 13.2 Å². The molecular formula is C15H21NO3. The van der Waals surface area contributed by atoms with E-state index in [2.05, 4.69) is 5.32 Å². The van der Waals surface area contributed by atoms with Crippen molar-refractivity contribution in [1.29, 1.82) is 0 Å². The Kier molecular flexibility index (Phi) is 4.40. The molecule has 0 spiro atoms. The number of rotatable bonds is 4. The first-order chi connectivity index (χ1) is 9.18. The zero-order chi connectivity index (χ0) is 13.7. The van der Waals surface area contributed by atoms with Gasteiger partial charge in [-0.2, -0.15) is 0 Å². The Morgan fingerprint density at radius 1 is 1.53 bits per heavy atom. The monoisotopic (exact) mass is 263 g/mol. The minimum atomic E-state index is -0.411. The predicted molar refractivity (Wildman–Crippen MR) is 72.3 cm³/mol. The van der Waals surface area contributed by atoms with Crippen molar-refractivity contribution in [3.8, 4) is 0 Å². The van der Waals surface area contributed by atoms with Crippen LogP contribution < -0.4 is 5.32 Å². The summed E-state index contributed by atoms with van der Waals surface area (Å²) in [6, 6.07) is 0. The average Bonchev–Trinajstić information content (AvgIpc) is 2.40.